The first-order chi connectivity index (χ1) is 19.4. The number of nitrogens with zero attached hydrogens (tertiary/aromatic N) is 2. The molecule has 4 aliphatic rings. The summed E-state index contributed by atoms with van der Waals surface area (Å²) in [6, 6.07) is 6.68. The molecule has 3 aliphatic carbocycles. The Morgan fingerprint density at radius 3 is 2.49 bits per heavy atom. The van der Waals surface area contributed by atoms with Gasteiger partial charge in [0, 0.05) is 36.5 Å². The van der Waals surface area contributed by atoms with Crippen molar-refractivity contribution in [2.45, 2.75) is 38.0 Å². The Morgan fingerprint density at radius 1 is 1.12 bits per heavy atom. The molecule has 1 saturated heterocycles. The Morgan fingerprint density at radius 2 is 1.83 bits per heavy atom. The van der Waals surface area contributed by atoms with E-state index in [0.717, 1.165) is 31.0 Å². The minimum absolute atomic E-state index is 0.0994. The molecule has 0 amide bonds. The van der Waals surface area contributed by atoms with Crippen LogP contribution in [0, 0.1) is 11.8 Å². The zero-order valence-electron chi connectivity index (χ0n) is 23.3. The summed E-state index contributed by atoms with van der Waals surface area (Å²) in [6.45, 7) is 4.72. The molecular formula is C31H34N2O8. The van der Waals surface area contributed by atoms with E-state index >= 15 is 0 Å². The smallest absolute Gasteiger partial charge is 0.202 e. The number of ketones is 3. The second-order valence-corrected chi connectivity index (χ2v) is 11.9. The fraction of sp³-hybridized carbons (Fsp3) is 0.452. The summed E-state index contributed by atoms with van der Waals surface area (Å²) >= 11 is 0. The first kappa shape index (κ1) is 27.6. The fourth-order valence-corrected chi connectivity index (χ4v) is 7.28. The van der Waals surface area contributed by atoms with Crippen molar-refractivity contribution in [2.24, 2.45) is 11.8 Å². The molecule has 10 heteroatoms. The van der Waals surface area contributed by atoms with Crippen LogP contribution in [0.15, 0.2) is 41.2 Å². The number of phenols is 1. The summed E-state index contributed by atoms with van der Waals surface area (Å²) in [5.41, 5.74) is -1.54. The highest BCUT2D eigenvalue weighted by Crippen LogP contribution is 2.53. The van der Waals surface area contributed by atoms with Crippen LogP contribution in [-0.2, 0) is 32.1 Å². The number of morpholine rings is 1. The number of aromatic hydroxyl groups is 1. The molecule has 2 aromatic carbocycles. The predicted molar refractivity (Wildman–Crippen MR) is 149 cm³/mol. The van der Waals surface area contributed by atoms with E-state index in [1.165, 1.54) is 0 Å². The van der Waals surface area contributed by atoms with E-state index in [1.807, 2.05) is 24.3 Å². The Labute approximate surface area is 237 Å². The molecule has 4 N–H and O–H groups in total. The van der Waals surface area contributed by atoms with Crippen LogP contribution in [-0.4, -0.2) is 99.6 Å². The molecule has 0 bridgehead atoms. The van der Waals surface area contributed by atoms with Gasteiger partial charge < -0.3 is 25.2 Å². The lowest BCUT2D eigenvalue weighted by atomic mass is 9.57. The topological polar surface area (TPSA) is 148 Å². The van der Waals surface area contributed by atoms with E-state index in [2.05, 4.69) is 4.90 Å². The van der Waals surface area contributed by atoms with Gasteiger partial charge in [-0.05, 0) is 62.4 Å². The number of aliphatic hydroxyl groups excluding tert-OH is 2. The number of aliphatic hydroxyl groups is 3. The van der Waals surface area contributed by atoms with Crippen molar-refractivity contribution in [3.8, 4) is 5.75 Å². The van der Waals surface area contributed by atoms with Crippen molar-refractivity contribution in [3.63, 3.8) is 0 Å². The molecule has 6 rings (SSSR count). The molecule has 4 atom stereocenters. The van der Waals surface area contributed by atoms with E-state index in [4.69, 9.17) is 4.74 Å². The van der Waals surface area contributed by atoms with Crippen molar-refractivity contribution in [3.05, 3.63) is 57.9 Å². The van der Waals surface area contributed by atoms with Crippen LogP contribution in [0.3, 0.4) is 0 Å². The number of carbonyl (C=O) groups is 3. The lowest BCUT2D eigenvalue weighted by molar-refractivity contribution is -0.153. The van der Waals surface area contributed by atoms with E-state index in [9.17, 15) is 34.8 Å². The fourth-order valence-electron chi connectivity index (χ4n) is 7.28. The van der Waals surface area contributed by atoms with E-state index in [0.29, 0.717) is 30.7 Å². The van der Waals surface area contributed by atoms with Crippen LogP contribution in [0.5, 0.6) is 5.75 Å². The van der Waals surface area contributed by atoms with Crippen LogP contribution in [0.4, 0.5) is 0 Å². The summed E-state index contributed by atoms with van der Waals surface area (Å²) in [6.07, 6.45) is 0.382. The lowest BCUT2D eigenvalue weighted by Gasteiger charge is -2.50. The summed E-state index contributed by atoms with van der Waals surface area (Å²) in [7, 11) is 3.23. The third-order valence-electron chi connectivity index (χ3n) is 9.21. The highest BCUT2D eigenvalue weighted by Gasteiger charge is 2.63. The number of benzene rings is 2. The molecule has 0 spiro atoms. The van der Waals surface area contributed by atoms with Crippen LogP contribution in [0.25, 0.3) is 16.5 Å². The van der Waals surface area contributed by atoms with Gasteiger partial charge in [0.1, 0.15) is 22.8 Å². The van der Waals surface area contributed by atoms with Gasteiger partial charge in [-0.15, -0.1) is 0 Å². The molecule has 0 radical (unpaired) electrons. The molecule has 0 unspecified atom stereocenters. The lowest BCUT2D eigenvalue weighted by Crippen LogP contribution is -2.65. The SMILES string of the molecule is CC(=O)C1=C(O)[C@@]2(O)C(=O)C3=C(O)c4c(cc5ccc(CN6CCOCC6)cc5c4O)C[C@H]3C[C@H]2[C@H](N(C)C)C1=O. The zero-order chi connectivity index (χ0) is 29.4. The van der Waals surface area contributed by atoms with Gasteiger partial charge in [-0.3, -0.25) is 24.2 Å². The van der Waals surface area contributed by atoms with Crippen molar-refractivity contribution < 1.29 is 39.5 Å². The zero-order valence-corrected chi connectivity index (χ0v) is 23.3. The number of Topliss-reactive ketones (excluding diaryl/α,β-unsaturated/α-hetero) is 3. The Bertz CT molecular complexity index is 1570. The van der Waals surface area contributed by atoms with E-state index in [-0.39, 0.29) is 29.7 Å². The van der Waals surface area contributed by atoms with Crippen molar-refractivity contribution in [2.75, 3.05) is 40.4 Å². The van der Waals surface area contributed by atoms with Crippen molar-refractivity contribution >= 4 is 33.9 Å². The Hall–Kier alpha value is -3.57. The van der Waals surface area contributed by atoms with Gasteiger partial charge in [-0.2, -0.15) is 0 Å². The van der Waals surface area contributed by atoms with Gasteiger partial charge >= 0.3 is 0 Å². The molecule has 1 saturated carbocycles. The molecule has 216 valence electrons. The number of likely N-dealkylation sites (N-methyl/N-ethyl adjacent to an activating group) is 1. The van der Waals surface area contributed by atoms with E-state index < -0.39 is 57.9 Å². The molecule has 10 nitrogen and oxygen atoms in total. The first-order valence-electron chi connectivity index (χ1n) is 13.9. The molecule has 2 fully saturated rings. The van der Waals surface area contributed by atoms with Gasteiger partial charge in [-0.1, -0.05) is 18.2 Å². The summed E-state index contributed by atoms with van der Waals surface area (Å²) < 4.78 is 5.43. The average molecular weight is 563 g/mol. The predicted octanol–water partition coefficient (Wildman–Crippen LogP) is 2.05. The molecular weight excluding hydrogens is 528 g/mol. The van der Waals surface area contributed by atoms with E-state index in [1.54, 1.807) is 19.0 Å². The minimum atomic E-state index is -2.57. The quantitative estimate of drug-likeness (QED) is 0.408. The number of fused-ring (bicyclic) bond motifs is 4. The molecule has 2 aromatic rings. The second-order valence-electron chi connectivity index (χ2n) is 11.9. The van der Waals surface area contributed by atoms with Gasteiger partial charge in [-0.25, -0.2) is 0 Å². The number of hydrogen-bond donors (Lipinski definition) is 4. The molecule has 1 aliphatic heterocycles. The van der Waals surface area contributed by atoms with Crippen molar-refractivity contribution in [1.29, 1.82) is 0 Å². The molecule has 0 aromatic heterocycles. The highest BCUT2D eigenvalue weighted by molar-refractivity contribution is 6.25. The van der Waals surface area contributed by atoms with Gasteiger partial charge in [0.25, 0.3) is 0 Å². The minimum Gasteiger partial charge on any atom is -0.508 e. The summed E-state index contributed by atoms with van der Waals surface area (Å²) in [4.78, 5) is 43.5. The molecule has 41 heavy (non-hydrogen) atoms. The number of carbonyl (C=O) groups excluding carboxylic acids is 3. The number of phenolic OH excluding ortho intramolecular Hbond substituents is 1. The maximum Gasteiger partial charge on any atom is 0.202 e. The summed E-state index contributed by atoms with van der Waals surface area (Å²) in [5.74, 6) is -5.57. The molecule has 1 heterocycles. The van der Waals surface area contributed by atoms with Crippen LogP contribution in [0.1, 0.15) is 30.0 Å². The number of hydrogen-bond acceptors (Lipinski definition) is 10. The van der Waals surface area contributed by atoms with Crippen LogP contribution >= 0.6 is 0 Å². The maximum absolute atomic E-state index is 14.0. The van der Waals surface area contributed by atoms with Crippen molar-refractivity contribution in [1.82, 2.24) is 9.80 Å². The Kier molecular flexibility index (Phi) is 6.57. The first-order valence-corrected chi connectivity index (χ1v) is 13.9. The van der Waals surface area contributed by atoms with Gasteiger partial charge in [0.2, 0.25) is 5.78 Å². The van der Waals surface area contributed by atoms with Crippen LogP contribution in [0.2, 0.25) is 0 Å². The summed E-state index contributed by atoms with van der Waals surface area (Å²) in [5, 5.41) is 47.1. The third-order valence-corrected chi connectivity index (χ3v) is 9.21. The van der Waals surface area contributed by atoms with Gasteiger partial charge in [0.05, 0.1) is 24.8 Å². The maximum atomic E-state index is 14.0. The number of rotatable bonds is 4. The Balaban J connectivity index is 1.47. The largest absolute Gasteiger partial charge is 0.508 e. The monoisotopic (exact) mass is 562 g/mol. The normalized spacial score (nSPS) is 28.7. The standard InChI is InChI=1S/C31H34N2O8/c1-15(34)22-28(37)25(32(2)3)21-13-19-12-18-11-17-5-4-16(14-33-6-8-41-9-7-33)10-20(17)26(35)23(18)27(36)24(19)30(39)31(21,40)29(22)38/h4-5,10-11,19,21,25,35-36,38,40H,6-9,12-14H2,1-3H3/t19-,21-,25-,31+/m0/s1. The second kappa shape index (κ2) is 9.77. The average Bonchev–Trinajstić information content (AvgIpc) is 2.91. The highest BCUT2D eigenvalue weighted by atomic mass is 16.5. The third kappa shape index (κ3) is 4.04. The number of ether oxygens (including phenoxy) is 1. The van der Waals surface area contributed by atoms with Crippen LogP contribution < -0.4 is 0 Å². The van der Waals surface area contributed by atoms with Gasteiger partial charge in [0.15, 0.2) is 17.2 Å².